The van der Waals surface area contributed by atoms with Crippen molar-refractivity contribution in [3.05, 3.63) is 78.4 Å². The maximum Gasteiger partial charge on any atom is 0.265 e. The van der Waals surface area contributed by atoms with Crippen LogP contribution in [-0.2, 0) is 14.6 Å². The molecule has 178 valence electrons. The Morgan fingerprint density at radius 3 is 2.32 bits per heavy atom. The molecule has 0 fully saturated rings. The quantitative estimate of drug-likeness (QED) is 0.309. The molecule has 0 aliphatic heterocycles. The van der Waals surface area contributed by atoms with Gasteiger partial charge in [-0.3, -0.25) is 10.2 Å². The van der Waals surface area contributed by atoms with E-state index in [2.05, 4.69) is 5.32 Å². The molecule has 7 nitrogen and oxygen atoms in total. The third kappa shape index (κ3) is 6.45. The lowest BCUT2D eigenvalue weighted by molar-refractivity contribution is -0.123. The number of carbonyl (C=O) groups is 1. The normalized spacial score (nSPS) is 12.2. The van der Waals surface area contributed by atoms with Gasteiger partial charge < -0.3 is 15.8 Å². The number of rotatable bonds is 9. The van der Waals surface area contributed by atoms with Crippen molar-refractivity contribution in [2.75, 3.05) is 11.6 Å². The van der Waals surface area contributed by atoms with Gasteiger partial charge in [-0.1, -0.05) is 56.3 Å². The van der Waals surface area contributed by atoms with E-state index in [9.17, 15) is 13.2 Å². The predicted molar refractivity (Wildman–Crippen MR) is 135 cm³/mol. The molecular weight excluding hydrogens is 450 g/mol. The van der Waals surface area contributed by atoms with Gasteiger partial charge in [0, 0.05) is 23.1 Å². The van der Waals surface area contributed by atoms with Gasteiger partial charge in [-0.25, -0.2) is 8.42 Å². The minimum atomic E-state index is -3.38. The molecule has 3 rings (SSSR count). The van der Waals surface area contributed by atoms with Crippen molar-refractivity contribution in [1.82, 2.24) is 0 Å². The molecule has 0 spiro atoms. The fourth-order valence-corrected chi connectivity index (χ4v) is 4.43. The Balaban J connectivity index is 1.79. The van der Waals surface area contributed by atoms with Gasteiger partial charge in [0.2, 0.25) is 0 Å². The molecule has 0 aliphatic carbocycles. The summed E-state index contributed by atoms with van der Waals surface area (Å²) in [6.07, 6.45) is 0.935. The van der Waals surface area contributed by atoms with Gasteiger partial charge >= 0.3 is 0 Å². The monoisotopic (exact) mass is 479 g/mol. The van der Waals surface area contributed by atoms with Gasteiger partial charge in [-0.15, -0.1) is 0 Å². The van der Waals surface area contributed by atoms with E-state index < -0.39 is 15.9 Å². The highest BCUT2D eigenvalue weighted by molar-refractivity contribution is 7.90. The van der Waals surface area contributed by atoms with Crippen molar-refractivity contribution in [1.29, 1.82) is 5.41 Å². The van der Waals surface area contributed by atoms with E-state index in [4.69, 9.17) is 15.9 Å². The van der Waals surface area contributed by atoms with Crippen LogP contribution in [0.15, 0.2) is 77.7 Å². The first kappa shape index (κ1) is 25.0. The van der Waals surface area contributed by atoms with Crippen molar-refractivity contribution in [2.45, 2.75) is 31.3 Å². The Bertz CT molecular complexity index is 1290. The first-order valence-electron chi connectivity index (χ1n) is 10.9. The molecule has 3 aromatic carbocycles. The van der Waals surface area contributed by atoms with Crippen LogP contribution < -0.4 is 15.8 Å². The SMILES string of the molecule is CC(C)CC(Oc1cccc(C(=N)N)c1)C(=O)Nc1ccc(-c2ccccc2S(C)(=O)=O)cc1. The summed E-state index contributed by atoms with van der Waals surface area (Å²) in [6, 6.07) is 20.6. The van der Waals surface area contributed by atoms with Crippen LogP contribution in [0.4, 0.5) is 5.69 Å². The van der Waals surface area contributed by atoms with Crippen LogP contribution in [0, 0.1) is 11.3 Å². The van der Waals surface area contributed by atoms with Gasteiger partial charge in [-0.05, 0) is 48.2 Å². The Morgan fingerprint density at radius 2 is 1.71 bits per heavy atom. The molecule has 0 heterocycles. The molecule has 0 aliphatic rings. The maximum absolute atomic E-state index is 13.0. The predicted octanol–water partition coefficient (Wildman–Crippen LogP) is 4.47. The van der Waals surface area contributed by atoms with Crippen LogP contribution >= 0.6 is 0 Å². The van der Waals surface area contributed by atoms with Crippen molar-refractivity contribution >= 4 is 27.3 Å². The summed E-state index contributed by atoms with van der Waals surface area (Å²) in [4.78, 5) is 13.3. The molecule has 0 saturated heterocycles. The van der Waals surface area contributed by atoms with Crippen molar-refractivity contribution < 1.29 is 17.9 Å². The summed E-state index contributed by atoms with van der Waals surface area (Å²) < 4.78 is 30.2. The van der Waals surface area contributed by atoms with E-state index in [1.54, 1.807) is 72.8 Å². The average molecular weight is 480 g/mol. The van der Waals surface area contributed by atoms with Gasteiger partial charge in [-0.2, -0.15) is 0 Å². The number of sulfone groups is 1. The van der Waals surface area contributed by atoms with Gasteiger partial charge in [0.05, 0.1) is 4.90 Å². The number of nitrogens with one attached hydrogen (secondary N) is 2. The minimum absolute atomic E-state index is 0.0761. The molecule has 3 aromatic rings. The van der Waals surface area contributed by atoms with E-state index in [0.717, 1.165) is 5.56 Å². The van der Waals surface area contributed by atoms with Crippen LogP contribution in [-0.4, -0.2) is 32.5 Å². The highest BCUT2D eigenvalue weighted by Gasteiger charge is 2.22. The average Bonchev–Trinajstić information content (AvgIpc) is 2.78. The zero-order valence-electron chi connectivity index (χ0n) is 19.4. The summed E-state index contributed by atoms with van der Waals surface area (Å²) in [5.74, 6) is 0.293. The zero-order chi connectivity index (χ0) is 24.9. The van der Waals surface area contributed by atoms with Gasteiger partial charge in [0.25, 0.3) is 5.91 Å². The van der Waals surface area contributed by atoms with E-state index in [-0.39, 0.29) is 22.6 Å². The second-order valence-corrected chi connectivity index (χ2v) is 10.5. The number of nitrogens with two attached hydrogens (primary N) is 1. The molecule has 4 N–H and O–H groups in total. The summed E-state index contributed by atoms with van der Waals surface area (Å²) in [6.45, 7) is 4.01. The number of hydrogen-bond acceptors (Lipinski definition) is 5. The largest absolute Gasteiger partial charge is 0.481 e. The first-order chi connectivity index (χ1) is 16.0. The Kier molecular flexibility index (Phi) is 7.73. The number of nitrogen functional groups attached to an aromatic ring is 1. The van der Waals surface area contributed by atoms with Gasteiger partial charge in [0.15, 0.2) is 15.9 Å². The number of anilines is 1. The second-order valence-electron chi connectivity index (χ2n) is 8.51. The lowest BCUT2D eigenvalue weighted by atomic mass is 10.0. The highest BCUT2D eigenvalue weighted by Crippen LogP contribution is 2.28. The molecule has 0 radical (unpaired) electrons. The van der Waals surface area contributed by atoms with E-state index >= 15 is 0 Å². The number of amidine groups is 1. The van der Waals surface area contributed by atoms with Gasteiger partial charge in [0.1, 0.15) is 11.6 Å². The van der Waals surface area contributed by atoms with Crippen molar-refractivity contribution in [2.24, 2.45) is 11.7 Å². The lowest BCUT2D eigenvalue weighted by Gasteiger charge is -2.21. The fourth-order valence-electron chi connectivity index (χ4n) is 3.52. The Labute approximate surface area is 200 Å². The fraction of sp³-hybridized carbons (Fsp3) is 0.231. The molecule has 0 bridgehead atoms. The maximum atomic E-state index is 13.0. The Morgan fingerprint density at radius 1 is 1.03 bits per heavy atom. The van der Waals surface area contributed by atoms with Crippen LogP contribution in [0.2, 0.25) is 0 Å². The second kappa shape index (κ2) is 10.5. The molecule has 0 aromatic heterocycles. The molecule has 1 unspecified atom stereocenters. The third-order valence-electron chi connectivity index (χ3n) is 5.15. The Hall–Kier alpha value is -3.65. The van der Waals surface area contributed by atoms with E-state index in [0.29, 0.717) is 29.0 Å². The molecule has 34 heavy (non-hydrogen) atoms. The molecule has 0 saturated carbocycles. The molecule has 8 heteroatoms. The number of hydrogen-bond donors (Lipinski definition) is 3. The number of amides is 1. The van der Waals surface area contributed by atoms with Crippen LogP contribution in [0.25, 0.3) is 11.1 Å². The molecular formula is C26H29N3O4S. The number of benzene rings is 3. The van der Waals surface area contributed by atoms with Crippen LogP contribution in [0.1, 0.15) is 25.8 Å². The smallest absolute Gasteiger partial charge is 0.265 e. The summed E-state index contributed by atoms with van der Waals surface area (Å²) in [7, 11) is -3.38. The summed E-state index contributed by atoms with van der Waals surface area (Å²) in [5.41, 5.74) is 7.99. The summed E-state index contributed by atoms with van der Waals surface area (Å²) >= 11 is 0. The molecule has 1 amide bonds. The molecule has 1 atom stereocenters. The highest BCUT2D eigenvalue weighted by atomic mass is 32.2. The van der Waals surface area contributed by atoms with Crippen molar-refractivity contribution in [3.8, 4) is 16.9 Å². The lowest BCUT2D eigenvalue weighted by Crippen LogP contribution is -2.34. The number of carbonyl (C=O) groups excluding carboxylic acids is 1. The topological polar surface area (TPSA) is 122 Å². The van der Waals surface area contributed by atoms with Crippen molar-refractivity contribution in [3.63, 3.8) is 0 Å². The zero-order valence-corrected chi connectivity index (χ0v) is 20.2. The summed E-state index contributed by atoms with van der Waals surface area (Å²) in [5, 5.41) is 10.5. The minimum Gasteiger partial charge on any atom is -0.481 e. The standard InChI is InChI=1S/C26H29N3O4S/c1-17(2)15-23(33-21-8-6-7-19(16-21)25(27)28)26(30)29-20-13-11-18(12-14-20)22-9-4-5-10-24(22)34(3,31)32/h4-14,16-17,23H,15H2,1-3H3,(H3,27,28)(H,29,30). The number of ether oxygens (including phenoxy) is 1. The first-order valence-corrected chi connectivity index (χ1v) is 12.7. The van der Waals surface area contributed by atoms with E-state index in [1.807, 2.05) is 13.8 Å². The van der Waals surface area contributed by atoms with Crippen LogP contribution in [0.3, 0.4) is 0 Å². The van der Waals surface area contributed by atoms with E-state index in [1.165, 1.54) is 6.26 Å². The van der Waals surface area contributed by atoms with Crippen LogP contribution in [0.5, 0.6) is 5.75 Å². The third-order valence-corrected chi connectivity index (χ3v) is 6.31.